The third-order valence-electron chi connectivity index (χ3n) is 3.96. The van der Waals surface area contributed by atoms with Gasteiger partial charge in [0, 0.05) is 30.5 Å². The quantitative estimate of drug-likeness (QED) is 0.594. The molecule has 3 N–H and O–H groups in total. The average Bonchev–Trinajstić information content (AvgIpc) is 3.16. The number of anilines is 3. The number of benzene rings is 1. The van der Waals surface area contributed by atoms with Crippen molar-refractivity contribution in [2.24, 2.45) is 0 Å². The third kappa shape index (κ3) is 3.55. The fourth-order valence-electron chi connectivity index (χ4n) is 2.66. The van der Waals surface area contributed by atoms with Crippen molar-refractivity contribution in [3.8, 4) is 11.1 Å². The van der Waals surface area contributed by atoms with E-state index in [9.17, 15) is 8.42 Å². The van der Waals surface area contributed by atoms with Crippen LogP contribution in [0.5, 0.6) is 0 Å². The first-order chi connectivity index (χ1) is 12.6. The SMILES string of the molecule is O=S1(=O)NCCCNc2nc(ncc2-c2ccsc2)Nc2cccc1c2. The van der Waals surface area contributed by atoms with Gasteiger partial charge >= 0.3 is 0 Å². The molecule has 9 heteroatoms. The number of sulfonamides is 1. The molecule has 0 unspecified atom stereocenters. The zero-order chi connectivity index (χ0) is 18.0. The highest BCUT2D eigenvalue weighted by molar-refractivity contribution is 7.89. The summed E-state index contributed by atoms with van der Waals surface area (Å²) < 4.78 is 27.4. The lowest BCUT2D eigenvalue weighted by Crippen LogP contribution is -2.26. The Morgan fingerprint density at radius 2 is 2.08 bits per heavy atom. The minimum atomic E-state index is -3.54. The van der Waals surface area contributed by atoms with Crippen molar-refractivity contribution in [1.82, 2.24) is 14.7 Å². The number of nitrogens with zero attached hydrogens (tertiary/aromatic N) is 2. The number of aromatic nitrogens is 2. The Hall–Kier alpha value is -2.49. The van der Waals surface area contributed by atoms with E-state index in [4.69, 9.17) is 0 Å². The number of nitrogens with one attached hydrogen (secondary N) is 3. The number of thiophene rings is 1. The normalized spacial score (nSPS) is 16.3. The van der Waals surface area contributed by atoms with Gasteiger partial charge < -0.3 is 10.6 Å². The van der Waals surface area contributed by atoms with Gasteiger partial charge in [-0.05, 0) is 47.0 Å². The van der Waals surface area contributed by atoms with E-state index in [0.29, 0.717) is 31.1 Å². The average molecular weight is 387 g/mol. The summed E-state index contributed by atoms with van der Waals surface area (Å²) in [6.45, 7) is 0.937. The van der Waals surface area contributed by atoms with Gasteiger partial charge in [-0.1, -0.05) is 6.07 Å². The van der Waals surface area contributed by atoms with Crippen LogP contribution in [0, 0.1) is 0 Å². The Morgan fingerprint density at radius 1 is 1.15 bits per heavy atom. The molecule has 7 nitrogen and oxygen atoms in total. The molecule has 1 aliphatic rings. The summed E-state index contributed by atoms with van der Waals surface area (Å²) in [5, 5.41) is 10.4. The summed E-state index contributed by atoms with van der Waals surface area (Å²) in [6, 6.07) is 8.63. The second-order valence-electron chi connectivity index (χ2n) is 5.80. The van der Waals surface area contributed by atoms with Crippen molar-refractivity contribution in [1.29, 1.82) is 0 Å². The predicted octanol–water partition coefficient (Wildman–Crippen LogP) is 3.04. The van der Waals surface area contributed by atoms with Crippen molar-refractivity contribution in [2.45, 2.75) is 11.3 Å². The Labute approximate surface area is 155 Å². The summed E-state index contributed by atoms with van der Waals surface area (Å²) in [5.41, 5.74) is 2.58. The second-order valence-corrected chi connectivity index (χ2v) is 8.35. The summed E-state index contributed by atoms with van der Waals surface area (Å²) in [5.74, 6) is 1.13. The van der Waals surface area contributed by atoms with E-state index in [1.54, 1.807) is 41.8 Å². The molecule has 2 aromatic heterocycles. The van der Waals surface area contributed by atoms with Crippen molar-refractivity contribution in [2.75, 3.05) is 23.7 Å². The molecule has 4 rings (SSSR count). The fraction of sp³-hybridized carbons (Fsp3) is 0.176. The van der Waals surface area contributed by atoms with E-state index in [1.807, 2.05) is 16.8 Å². The molecule has 0 amide bonds. The Morgan fingerprint density at radius 3 is 2.92 bits per heavy atom. The lowest BCUT2D eigenvalue weighted by atomic mass is 10.1. The molecule has 0 fully saturated rings. The van der Waals surface area contributed by atoms with Gasteiger partial charge in [0.2, 0.25) is 16.0 Å². The Bertz CT molecular complexity index is 1020. The van der Waals surface area contributed by atoms with Crippen molar-refractivity contribution in [3.05, 3.63) is 47.3 Å². The molecule has 0 atom stereocenters. The van der Waals surface area contributed by atoms with Crippen LogP contribution in [0.3, 0.4) is 0 Å². The lowest BCUT2D eigenvalue weighted by Gasteiger charge is -2.12. The lowest BCUT2D eigenvalue weighted by molar-refractivity contribution is 0.580. The first-order valence-electron chi connectivity index (χ1n) is 8.12. The third-order valence-corrected chi connectivity index (χ3v) is 6.10. The van der Waals surface area contributed by atoms with Crippen LogP contribution in [0.2, 0.25) is 0 Å². The predicted molar refractivity (Wildman–Crippen MR) is 103 cm³/mol. The minimum absolute atomic E-state index is 0.213. The first-order valence-corrected chi connectivity index (χ1v) is 10.5. The van der Waals surface area contributed by atoms with Gasteiger partial charge in [0.15, 0.2) is 0 Å². The highest BCUT2D eigenvalue weighted by Gasteiger charge is 2.16. The van der Waals surface area contributed by atoms with E-state index in [-0.39, 0.29) is 4.90 Å². The highest BCUT2D eigenvalue weighted by atomic mass is 32.2. The topological polar surface area (TPSA) is 96.0 Å². The standard InChI is InChI=1S/C17H17N5O2S2/c23-26(24)14-4-1-3-13(9-14)21-17-19-10-15(12-5-8-25-11-12)16(22-17)18-6-2-7-20-26/h1,3-5,8-11,20H,2,6-7H2,(H2,18,19,21,22). The van der Waals surface area contributed by atoms with Gasteiger partial charge in [0.25, 0.3) is 0 Å². The molecule has 134 valence electrons. The molecular formula is C17H17N5O2S2. The minimum Gasteiger partial charge on any atom is -0.369 e. The maximum absolute atomic E-state index is 12.4. The van der Waals surface area contributed by atoms with Gasteiger partial charge in [-0.25, -0.2) is 18.1 Å². The summed E-state index contributed by atoms with van der Waals surface area (Å²) in [6.07, 6.45) is 2.41. The largest absolute Gasteiger partial charge is 0.369 e. The molecule has 0 radical (unpaired) electrons. The zero-order valence-corrected chi connectivity index (χ0v) is 15.4. The summed E-state index contributed by atoms with van der Waals surface area (Å²) >= 11 is 1.61. The van der Waals surface area contributed by atoms with E-state index in [2.05, 4.69) is 25.3 Å². The van der Waals surface area contributed by atoms with Crippen LogP contribution in [0.15, 0.2) is 52.2 Å². The van der Waals surface area contributed by atoms with Gasteiger partial charge in [0.05, 0.1) is 4.90 Å². The summed E-state index contributed by atoms with van der Waals surface area (Å²) in [4.78, 5) is 9.18. The van der Waals surface area contributed by atoms with Gasteiger partial charge in [0.1, 0.15) is 5.82 Å². The van der Waals surface area contributed by atoms with E-state index >= 15 is 0 Å². The maximum atomic E-state index is 12.4. The number of fused-ring (bicyclic) bond motifs is 4. The maximum Gasteiger partial charge on any atom is 0.240 e. The first kappa shape index (κ1) is 17.0. The molecule has 0 aliphatic carbocycles. The second kappa shape index (κ2) is 7.02. The molecule has 0 saturated heterocycles. The highest BCUT2D eigenvalue weighted by Crippen LogP contribution is 2.29. The van der Waals surface area contributed by atoms with E-state index in [0.717, 1.165) is 16.9 Å². The smallest absolute Gasteiger partial charge is 0.240 e. The van der Waals surface area contributed by atoms with Crippen molar-refractivity contribution < 1.29 is 8.42 Å². The molecule has 3 heterocycles. The van der Waals surface area contributed by atoms with Crippen LogP contribution >= 0.6 is 11.3 Å². The van der Waals surface area contributed by atoms with E-state index < -0.39 is 10.0 Å². The van der Waals surface area contributed by atoms with Gasteiger partial charge in [-0.15, -0.1) is 0 Å². The van der Waals surface area contributed by atoms with Crippen molar-refractivity contribution >= 4 is 38.8 Å². The molecular weight excluding hydrogens is 370 g/mol. The van der Waals surface area contributed by atoms with Crippen LogP contribution in [0.25, 0.3) is 11.1 Å². The number of hydrogen-bond donors (Lipinski definition) is 3. The van der Waals surface area contributed by atoms with Gasteiger partial charge in [-0.3, -0.25) is 0 Å². The molecule has 0 spiro atoms. The molecule has 4 bridgehead atoms. The number of rotatable bonds is 1. The molecule has 1 aliphatic heterocycles. The molecule has 3 aromatic rings. The Balaban J connectivity index is 1.75. The molecule has 1 aromatic carbocycles. The zero-order valence-electron chi connectivity index (χ0n) is 13.8. The van der Waals surface area contributed by atoms with Crippen LogP contribution in [0.4, 0.5) is 17.5 Å². The summed E-state index contributed by atoms with van der Waals surface area (Å²) in [7, 11) is -3.54. The van der Waals surface area contributed by atoms with Gasteiger partial charge in [-0.2, -0.15) is 16.3 Å². The Kier molecular flexibility index (Phi) is 4.58. The molecule has 26 heavy (non-hydrogen) atoms. The fourth-order valence-corrected chi connectivity index (χ4v) is 4.44. The van der Waals surface area contributed by atoms with Crippen LogP contribution < -0.4 is 15.4 Å². The van der Waals surface area contributed by atoms with Crippen LogP contribution in [0.1, 0.15) is 6.42 Å². The number of hydrogen-bond acceptors (Lipinski definition) is 7. The molecule has 0 saturated carbocycles. The van der Waals surface area contributed by atoms with E-state index in [1.165, 1.54) is 0 Å². The van der Waals surface area contributed by atoms with Crippen LogP contribution in [-0.4, -0.2) is 31.5 Å². The monoisotopic (exact) mass is 387 g/mol. The van der Waals surface area contributed by atoms with Crippen molar-refractivity contribution in [3.63, 3.8) is 0 Å². The van der Waals surface area contributed by atoms with Crippen LogP contribution in [-0.2, 0) is 10.0 Å².